The van der Waals surface area contributed by atoms with E-state index in [1.807, 2.05) is 36.4 Å². The maximum absolute atomic E-state index is 12.8. The lowest BCUT2D eigenvalue weighted by molar-refractivity contribution is 0.138. The third-order valence-corrected chi connectivity index (χ3v) is 7.46. The van der Waals surface area contributed by atoms with E-state index >= 15 is 0 Å². The summed E-state index contributed by atoms with van der Waals surface area (Å²) in [5.41, 5.74) is 1.52. The monoisotopic (exact) mass is 510 g/mol. The van der Waals surface area contributed by atoms with Crippen molar-refractivity contribution in [3.8, 4) is 11.5 Å². The fraction of sp³-hybridized carbons (Fsp3) is 0.200. The maximum Gasteiger partial charge on any atom is 0.323 e. The highest BCUT2D eigenvalue weighted by atomic mass is 35.5. The van der Waals surface area contributed by atoms with Crippen molar-refractivity contribution >= 4 is 33.5 Å². The van der Waals surface area contributed by atoms with Crippen LogP contribution in [0, 0.1) is 0 Å². The second-order valence-corrected chi connectivity index (χ2v) is 10.3. The van der Waals surface area contributed by atoms with Crippen LogP contribution < -0.4 is 10.1 Å². The Morgan fingerprint density at radius 1 is 0.943 bits per heavy atom. The Morgan fingerprint density at radius 2 is 1.69 bits per heavy atom. The first-order valence-electron chi connectivity index (χ1n) is 11.1. The molecule has 0 bridgehead atoms. The molecule has 10 heteroatoms. The second kappa shape index (κ2) is 9.69. The number of hydrogen-bond acceptors (Lipinski definition) is 5. The first kappa shape index (κ1) is 23.3. The van der Waals surface area contributed by atoms with Crippen molar-refractivity contribution < 1.29 is 17.9 Å². The van der Waals surface area contributed by atoms with Gasteiger partial charge in [-0.1, -0.05) is 35.9 Å². The molecule has 0 aromatic heterocycles. The molecule has 3 aromatic carbocycles. The minimum atomic E-state index is -3.77. The summed E-state index contributed by atoms with van der Waals surface area (Å²) >= 11 is 5.93. The van der Waals surface area contributed by atoms with E-state index in [9.17, 15) is 13.2 Å². The highest BCUT2D eigenvalue weighted by Crippen LogP contribution is 2.26. The van der Waals surface area contributed by atoms with Crippen molar-refractivity contribution in [2.45, 2.75) is 11.4 Å². The number of carbonyl (C=O) groups is 1. The van der Waals surface area contributed by atoms with Crippen molar-refractivity contribution in [2.75, 3.05) is 26.2 Å². The van der Waals surface area contributed by atoms with Crippen molar-refractivity contribution in [1.82, 2.24) is 15.1 Å². The zero-order valence-electron chi connectivity index (χ0n) is 18.7. The number of benzene rings is 3. The number of nitrogens with zero attached hydrogens (tertiary/aromatic N) is 3. The molecule has 8 nitrogen and oxygen atoms in total. The van der Waals surface area contributed by atoms with Crippen LogP contribution in [0.15, 0.2) is 82.1 Å². The molecule has 0 spiro atoms. The zero-order chi connectivity index (χ0) is 24.4. The molecule has 2 aliphatic rings. The van der Waals surface area contributed by atoms with Crippen LogP contribution >= 0.6 is 11.6 Å². The molecule has 3 aromatic rings. The van der Waals surface area contributed by atoms with Crippen molar-refractivity contribution in [3.63, 3.8) is 0 Å². The van der Waals surface area contributed by atoms with E-state index in [2.05, 4.69) is 14.6 Å². The van der Waals surface area contributed by atoms with Crippen LogP contribution in [0.5, 0.6) is 11.5 Å². The number of amidine groups is 1. The van der Waals surface area contributed by atoms with Crippen molar-refractivity contribution in [2.24, 2.45) is 4.40 Å². The lowest BCUT2D eigenvalue weighted by Gasteiger charge is -2.34. The molecular weight excluding hydrogens is 488 g/mol. The fourth-order valence-electron chi connectivity index (χ4n) is 4.09. The minimum absolute atomic E-state index is 0.0746. The molecule has 180 valence electrons. The Bertz CT molecular complexity index is 1380. The first-order chi connectivity index (χ1) is 16.9. The van der Waals surface area contributed by atoms with Gasteiger partial charge in [0.1, 0.15) is 16.4 Å². The van der Waals surface area contributed by atoms with Gasteiger partial charge in [0.2, 0.25) is 0 Å². The number of carbonyl (C=O) groups excluding carboxylic acids is 1. The van der Waals surface area contributed by atoms with Gasteiger partial charge in [-0.3, -0.25) is 10.2 Å². The summed E-state index contributed by atoms with van der Waals surface area (Å²) in [5, 5.41) is 3.33. The number of piperazine rings is 1. The van der Waals surface area contributed by atoms with Gasteiger partial charge in [-0.05, 0) is 54.1 Å². The summed E-state index contributed by atoms with van der Waals surface area (Å²) < 4.78 is 34.1. The quantitative estimate of drug-likeness (QED) is 0.570. The van der Waals surface area contributed by atoms with Crippen LogP contribution in [0.2, 0.25) is 5.02 Å². The molecule has 35 heavy (non-hydrogen) atoms. The molecule has 5 rings (SSSR count). The summed E-state index contributed by atoms with van der Waals surface area (Å²) in [6, 6.07) is 21.3. The molecule has 0 saturated carbocycles. The van der Waals surface area contributed by atoms with Crippen LogP contribution in [0.1, 0.15) is 11.1 Å². The summed E-state index contributed by atoms with van der Waals surface area (Å²) in [6.07, 6.45) is 0. The highest BCUT2D eigenvalue weighted by molar-refractivity contribution is 7.90. The van der Waals surface area contributed by atoms with Crippen LogP contribution in [0.25, 0.3) is 0 Å². The van der Waals surface area contributed by atoms with Crippen molar-refractivity contribution in [1.29, 1.82) is 0 Å². The topological polar surface area (TPSA) is 91.3 Å². The van der Waals surface area contributed by atoms with Crippen LogP contribution in [0.3, 0.4) is 0 Å². The van der Waals surface area contributed by atoms with E-state index in [1.165, 1.54) is 6.07 Å². The molecule has 0 unspecified atom stereocenters. The van der Waals surface area contributed by atoms with Crippen molar-refractivity contribution in [3.05, 3.63) is 88.9 Å². The molecule has 1 N–H and O–H groups in total. The van der Waals surface area contributed by atoms with Gasteiger partial charge in [-0.2, -0.15) is 8.42 Å². The Morgan fingerprint density at radius 3 is 2.46 bits per heavy atom. The molecule has 0 atom stereocenters. The number of ether oxygens (including phenoxy) is 1. The van der Waals surface area contributed by atoms with Crippen LogP contribution in [-0.4, -0.2) is 56.3 Å². The van der Waals surface area contributed by atoms with Gasteiger partial charge in [0.05, 0.1) is 0 Å². The van der Waals surface area contributed by atoms with E-state index in [0.29, 0.717) is 42.5 Å². The standard InChI is InChI=1S/C25H23ClN4O4S/c26-19-8-10-20(11-9-19)34-21-5-3-4-18(16-21)17-29-12-14-30(15-13-29)25(31)27-24-22-6-1-2-7-23(22)35(32,33)28-24/h1-11,16H,12-15,17H2,(H,27,28,31). The van der Waals surface area contributed by atoms with E-state index in [-0.39, 0.29) is 16.8 Å². The van der Waals surface area contributed by atoms with Gasteiger partial charge in [-0.15, -0.1) is 4.40 Å². The van der Waals surface area contributed by atoms with Crippen LogP contribution in [-0.2, 0) is 16.6 Å². The third-order valence-electron chi connectivity index (χ3n) is 5.87. The predicted octanol–water partition coefficient (Wildman–Crippen LogP) is 4.11. The molecule has 0 radical (unpaired) electrons. The van der Waals surface area contributed by atoms with E-state index < -0.39 is 10.0 Å². The fourth-order valence-corrected chi connectivity index (χ4v) is 5.39. The molecule has 0 aliphatic carbocycles. The zero-order valence-corrected chi connectivity index (χ0v) is 20.3. The molecule has 1 fully saturated rings. The van der Waals surface area contributed by atoms with E-state index in [4.69, 9.17) is 16.3 Å². The van der Waals surface area contributed by atoms with Gasteiger partial charge in [0.15, 0.2) is 5.84 Å². The molecule has 2 amide bonds. The Balaban J connectivity index is 1.16. The van der Waals surface area contributed by atoms with E-state index in [0.717, 1.165) is 17.9 Å². The number of sulfonamides is 1. The molecule has 1 saturated heterocycles. The number of hydrogen-bond donors (Lipinski definition) is 1. The lowest BCUT2D eigenvalue weighted by Crippen LogP contribution is -2.52. The average Bonchev–Trinajstić information content (AvgIpc) is 3.11. The molecule has 2 heterocycles. The summed E-state index contributed by atoms with van der Waals surface area (Å²) in [4.78, 5) is 16.8. The molecular formula is C25H23ClN4O4S. The van der Waals surface area contributed by atoms with Gasteiger partial charge >= 0.3 is 6.03 Å². The smallest absolute Gasteiger partial charge is 0.323 e. The summed E-state index contributed by atoms with van der Waals surface area (Å²) in [7, 11) is -3.77. The van der Waals surface area contributed by atoms with Gasteiger partial charge in [-0.25, -0.2) is 4.79 Å². The minimum Gasteiger partial charge on any atom is -0.457 e. The SMILES string of the molecule is O=C(NC1=NS(=O)(=O)c2ccccc21)N1CCN(Cc2cccc(Oc3ccc(Cl)cc3)c2)CC1. The largest absolute Gasteiger partial charge is 0.457 e. The van der Waals surface area contributed by atoms with Crippen LogP contribution in [0.4, 0.5) is 4.79 Å². The number of amides is 2. The number of fused-ring (bicyclic) bond motifs is 1. The second-order valence-electron chi connectivity index (χ2n) is 8.31. The third kappa shape index (κ3) is 5.32. The van der Waals surface area contributed by atoms with Gasteiger partial charge < -0.3 is 9.64 Å². The number of halogens is 1. The Labute approximate surface area is 208 Å². The van der Waals surface area contributed by atoms with Gasteiger partial charge in [0.25, 0.3) is 10.0 Å². The molecule has 2 aliphatic heterocycles. The predicted molar refractivity (Wildman–Crippen MR) is 134 cm³/mol. The average molecular weight is 511 g/mol. The number of nitrogens with one attached hydrogen (secondary N) is 1. The Kier molecular flexibility index (Phi) is 6.46. The number of urea groups is 1. The number of rotatable bonds is 4. The first-order valence-corrected chi connectivity index (χ1v) is 12.9. The lowest BCUT2D eigenvalue weighted by atomic mass is 10.2. The summed E-state index contributed by atoms with van der Waals surface area (Å²) in [6.45, 7) is 3.16. The normalized spacial score (nSPS) is 16.9. The van der Waals surface area contributed by atoms with E-state index in [1.54, 1.807) is 35.2 Å². The Hall–Kier alpha value is -3.40. The highest BCUT2D eigenvalue weighted by Gasteiger charge is 2.31. The summed E-state index contributed by atoms with van der Waals surface area (Å²) in [5.74, 6) is 1.54. The maximum atomic E-state index is 12.8. The van der Waals surface area contributed by atoms with Gasteiger partial charge in [0, 0.05) is 43.3 Å².